The van der Waals surface area contributed by atoms with Gasteiger partial charge in [-0.25, -0.2) is 9.59 Å². The molecule has 0 radical (unpaired) electrons. The molecular weight excluding hydrogens is 274 g/mol. The molecule has 0 saturated heterocycles. The summed E-state index contributed by atoms with van der Waals surface area (Å²) in [5, 5.41) is 11.4. The third-order valence-corrected chi connectivity index (χ3v) is 2.52. The van der Waals surface area contributed by atoms with Crippen LogP contribution < -0.4 is 11.1 Å². The van der Waals surface area contributed by atoms with Crippen LogP contribution in [0.5, 0.6) is 0 Å². The fourth-order valence-electron chi connectivity index (χ4n) is 1.29. The van der Waals surface area contributed by atoms with Gasteiger partial charge in [0.15, 0.2) is 0 Å². The van der Waals surface area contributed by atoms with Gasteiger partial charge in [-0.15, -0.1) is 0 Å². The van der Waals surface area contributed by atoms with Crippen molar-refractivity contribution >= 4 is 35.2 Å². The molecule has 19 heavy (non-hydrogen) atoms. The van der Waals surface area contributed by atoms with Crippen LogP contribution in [0.4, 0.5) is 10.5 Å². The highest BCUT2D eigenvalue weighted by Crippen LogP contribution is 2.20. The van der Waals surface area contributed by atoms with Gasteiger partial charge in [-0.2, -0.15) is 0 Å². The number of amides is 3. The van der Waals surface area contributed by atoms with Crippen LogP contribution in [0, 0.1) is 0 Å². The van der Waals surface area contributed by atoms with E-state index in [1.807, 2.05) is 0 Å². The minimum atomic E-state index is -1.20. The zero-order valence-corrected chi connectivity index (χ0v) is 10.8. The molecule has 0 saturated carbocycles. The average Bonchev–Trinajstić information content (AvgIpc) is 2.30. The SMILES string of the molecule is CN(CC(N)=O)C(=O)Nc1ccc(Cl)c(C(=O)O)c1. The first kappa shape index (κ1) is 14.8. The Balaban J connectivity index is 2.83. The Bertz CT molecular complexity index is 533. The van der Waals surface area contributed by atoms with Crippen molar-refractivity contribution in [2.75, 3.05) is 18.9 Å². The van der Waals surface area contributed by atoms with Gasteiger partial charge in [0.1, 0.15) is 6.54 Å². The molecular formula is C11H12ClN3O4. The highest BCUT2D eigenvalue weighted by Gasteiger charge is 2.13. The molecule has 3 amide bonds. The quantitative estimate of drug-likeness (QED) is 0.765. The van der Waals surface area contributed by atoms with E-state index in [1.165, 1.54) is 25.2 Å². The predicted octanol–water partition coefficient (Wildman–Crippen LogP) is 0.987. The molecule has 7 nitrogen and oxygen atoms in total. The fraction of sp³-hybridized carbons (Fsp3) is 0.182. The Morgan fingerprint density at radius 3 is 2.58 bits per heavy atom. The van der Waals surface area contributed by atoms with Crippen molar-refractivity contribution in [1.82, 2.24) is 4.90 Å². The van der Waals surface area contributed by atoms with Crippen molar-refractivity contribution in [2.24, 2.45) is 5.73 Å². The van der Waals surface area contributed by atoms with Gasteiger partial charge in [0.05, 0.1) is 10.6 Å². The zero-order chi connectivity index (χ0) is 14.6. The molecule has 0 spiro atoms. The Morgan fingerprint density at radius 1 is 1.42 bits per heavy atom. The Morgan fingerprint density at radius 2 is 2.05 bits per heavy atom. The number of hydrogen-bond acceptors (Lipinski definition) is 3. The van der Waals surface area contributed by atoms with Crippen LogP contribution in [0.2, 0.25) is 5.02 Å². The number of urea groups is 1. The maximum atomic E-state index is 11.6. The molecule has 0 heterocycles. The molecule has 0 fully saturated rings. The number of hydrogen-bond donors (Lipinski definition) is 3. The molecule has 0 aliphatic rings. The first-order valence-corrected chi connectivity index (χ1v) is 5.52. The normalized spacial score (nSPS) is 9.79. The number of nitrogens with zero attached hydrogens (tertiary/aromatic N) is 1. The lowest BCUT2D eigenvalue weighted by atomic mass is 10.2. The molecule has 8 heteroatoms. The number of carbonyl (C=O) groups is 3. The molecule has 0 aliphatic carbocycles. The highest BCUT2D eigenvalue weighted by molar-refractivity contribution is 6.33. The average molecular weight is 286 g/mol. The van der Waals surface area contributed by atoms with Gasteiger partial charge in [0.25, 0.3) is 0 Å². The first-order chi connectivity index (χ1) is 8.81. The van der Waals surface area contributed by atoms with Gasteiger partial charge in [-0.1, -0.05) is 11.6 Å². The number of anilines is 1. The lowest BCUT2D eigenvalue weighted by Crippen LogP contribution is -2.38. The summed E-state index contributed by atoms with van der Waals surface area (Å²) in [7, 11) is 1.38. The summed E-state index contributed by atoms with van der Waals surface area (Å²) in [5.41, 5.74) is 5.08. The Kier molecular flexibility index (Phi) is 4.71. The smallest absolute Gasteiger partial charge is 0.337 e. The fourth-order valence-corrected chi connectivity index (χ4v) is 1.49. The van der Waals surface area contributed by atoms with Crippen LogP contribution in [0.25, 0.3) is 0 Å². The van der Waals surface area contributed by atoms with E-state index in [2.05, 4.69) is 5.32 Å². The molecule has 0 bridgehead atoms. The number of carbonyl (C=O) groups excluding carboxylic acids is 2. The van der Waals surface area contributed by atoms with Gasteiger partial charge in [0.2, 0.25) is 5.91 Å². The number of rotatable bonds is 4. The summed E-state index contributed by atoms with van der Waals surface area (Å²) in [5.74, 6) is -1.86. The van der Waals surface area contributed by atoms with Crippen molar-refractivity contribution in [3.63, 3.8) is 0 Å². The summed E-state index contributed by atoms with van der Waals surface area (Å²) in [6, 6.07) is 3.44. The predicted molar refractivity (Wildman–Crippen MR) is 69.3 cm³/mol. The van der Waals surface area contributed by atoms with Crippen molar-refractivity contribution in [3.05, 3.63) is 28.8 Å². The summed E-state index contributed by atoms with van der Waals surface area (Å²) in [6.07, 6.45) is 0. The molecule has 1 rings (SSSR count). The number of likely N-dealkylation sites (N-methyl/N-ethyl adjacent to an activating group) is 1. The second-order valence-electron chi connectivity index (χ2n) is 3.75. The molecule has 1 aromatic carbocycles. The third kappa shape index (κ3) is 4.14. The number of carboxylic acids is 1. The number of aromatic carboxylic acids is 1. The standard InChI is InChI=1S/C11H12ClN3O4/c1-15(5-9(13)16)11(19)14-6-2-3-8(12)7(4-6)10(17)18/h2-4H,5H2,1H3,(H2,13,16)(H,14,19)(H,17,18). The largest absolute Gasteiger partial charge is 0.478 e. The van der Waals surface area contributed by atoms with Crippen molar-refractivity contribution in [2.45, 2.75) is 0 Å². The van der Waals surface area contributed by atoms with Crippen LogP contribution in [0.1, 0.15) is 10.4 Å². The van der Waals surface area contributed by atoms with Crippen LogP contribution >= 0.6 is 11.6 Å². The molecule has 0 atom stereocenters. The zero-order valence-electron chi connectivity index (χ0n) is 10.0. The number of primary amides is 1. The molecule has 0 aliphatic heterocycles. The van der Waals surface area contributed by atoms with E-state index in [-0.39, 0.29) is 22.8 Å². The van der Waals surface area contributed by atoms with E-state index >= 15 is 0 Å². The molecule has 4 N–H and O–H groups in total. The monoisotopic (exact) mass is 285 g/mol. The summed E-state index contributed by atoms with van der Waals surface area (Å²) < 4.78 is 0. The Hall–Kier alpha value is -2.28. The van der Waals surface area contributed by atoms with E-state index in [0.29, 0.717) is 0 Å². The molecule has 0 aromatic heterocycles. The van der Waals surface area contributed by atoms with Crippen LogP contribution in [0.15, 0.2) is 18.2 Å². The second kappa shape index (κ2) is 6.05. The van der Waals surface area contributed by atoms with Gasteiger partial charge in [0, 0.05) is 12.7 Å². The van der Waals surface area contributed by atoms with Gasteiger partial charge in [-0.3, -0.25) is 4.79 Å². The van der Waals surface area contributed by atoms with E-state index in [0.717, 1.165) is 4.90 Å². The Labute approximate surface area is 113 Å². The lowest BCUT2D eigenvalue weighted by molar-refractivity contribution is -0.118. The van der Waals surface area contributed by atoms with Crippen molar-refractivity contribution in [1.29, 1.82) is 0 Å². The number of halogens is 1. The minimum Gasteiger partial charge on any atom is -0.478 e. The van der Waals surface area contributed by atoms with Crippen molar-refractivity contribution < 1.29 is 19.5 Å². The molecule has 0 unspecified atom stereocenters. The third-order valence-electron chi connectivity index (χ3n) is 2.19. The molecule has 1 aromatic rings. The van der Waals surface area contributed by atoms with E-state index in [1.54, 1.807) is 0 Å². The van der Waals surface area contributed by atoms with E-state index in [9.17, 15) is 14.4 Å². The van der Waals surface area contributed by atoms with E-state index in [4.69, 9.17) is 22.4 Å². The lowest BCUT2D eigenvalue weighted by Gasteiger charge is -2.16. The minimum absolute atomic E-state index is 0.0657. The number of nitrogens with one attached hydrogen (secondary N) is 1. The van der Waals surface area contributed by atoms with Crippen LogP contribution in [-0.4, -0.2) is 41.5 Å². The second-order valence-corrected chi connectivity index (χ2v) is 4.16. The summed E-state index contributed by atoms with van der Waals surface area (Å²) >= 11 is 5.69. The van der Waals surface area contributed by atoms with Gasteiger partial charge in [-0.05, 0) is 18.2 Å². The summed E-state index contributed by atoms with van der Waals surface area (Å²) in [6.45, 7) is -0.245. The summed E-state index contributed by atoms with van der Waals surface area (Å²) in [4.78, 5) is 34.2. The van der Waals surface area contributed by atoms with Crippen LogP contribution in [-0.2, 0) is 4.79 Å². The number of benzene rings is 1. The maximum absolute atomic E-state index is 11.6. The number of nitrogens with two attached hydrogens (primary N) is 1. The van der Waals surface area contributed by atoms with Crippen LogP contribution in [0.3, 0.4) is 0 Å². The van der Waals surface area contributed by atoms with Crippen molar-refractivity contribution in [3.8, 4) is 0 Å². The topological polar surface area (TPSA) is 113 Å². The van der Waals surface area contributed by atoms with E-state index < -0.39 is 17.9 Å². The van der Waals surface area contributed by atoms with Gasteiger partial charge >= 0.3 is 12.0 Å². The maximum Gasteiger partial charge on any atom is 0.337 e. The first-order valence-electron chi connectivity index (χ1n) is 5.14. The van der Waals surface area contributed by atoms with Gasteiger partial charge < -0.3 is 21.1 Å². The molecule has 102 valence electrons. The highest BCUT2D eigenvalue weighted by atomic mass is 35.5. The number of carboxylic acid groups (broad SMARTS) is 1.